The van der Waals surface area contributed by atoms with Gasteiger partial charge in [0.2, 0.25) is 0 Å². The third-order valence-electron chi connectivity index (χ3n) is 3.67. The number of allylic oxidation sites excluding steroid dienone is 2. The summed E-state index contributed by atoms with van der Waals surface area (Å²) in [7, 11) is 0. The SMILES string of the molecule is CCCCCCCCC=CCCCCCCCCO.NO. The van der Waals surface area contributed by atoms with Crippen LogP contribution in [0.4, 0.5) is 0 Å². The average molecular weight is 302 g/mol. The van der Waals surface area contributed by atoms with Crippen molar-refractivity contribution in [1.82, 2.24) is 0 Å². The van der Waals surface area contributed by atoms with E-state index in [2.05, 4.69) is 25.0 Å². The molecule has 0 heterocycles. The molecule has 0 atom stereocenters. The van der Waals surface area contributed by atoms with Gasteiger partial charge in [-0.15, -0.1) is 0 Å². The summed E-state index contributed by atoms with van der Waals surface area (Å²) in [6, 6.07) is 0. The second kappa shape index (κ2) is 24.6. The molecular weight excluding hydrogens is 262 g/mol. The molecule has 0 aliphatic heterocycles. The Kier molecular flexibility index (Phi) is 26.8. The molecule has 0 amide bonds. The minimum atomic E-state index is 0.362. The van der Waals surface area contributed by atoms with Crippen LogP contribution in [0.5, 0.6) is 0 Å². The van der Waals surface area contributed by atoms with E-state index >= 15 is 0 Å². The predicted octanol–water partition coefficient (Wildman–Crippen LogP) is 5.35. The highest BCUT2D eigenvalue weighted by Gasteiger charge is 1.90. The van der Waals surface area contributed by atoms with Gasteiger partial charge in [0.15, 0.2) is 0 Å². The van der Waals surface area contributed by atoms with E-state index in [0.717, 1.165) is 6.42 Å². The summed E-state index contributed by atoms with van der Waals surface area (Å²) in [5.41, 5.74) is 0. The zero-order valence-corrected chi connectivity index (χ0v) is 14.2. The lowest BCUT2D eigenvalue weighted by molar-refractivity contribution is 0.282. The number of hydrogen-bond acceptors (Lipinski definition) is 3. The average Bonchev–Trinajstić information content (AvgIpc) is 2.53. The van der Waals surface area contributed by atoms with Crippen LogP contribution in [0.25, 0.3) is 0 Å². The molecule has 0 aromatic carbocycles. The van der Waals surface area contributed by atoms with Crippen molar-refractivity contribution in [2.75, 3.05) is 6.61 Å². The quantitative estimate of drug-likeness (QED) is 0.217. The van der Waals surface area contributed by atoms with Crippen LogP contribution in [0.2, 0.25) is 0 Å². The van der Waals surface area contributed by atoms with Crippen molar-refractivity contribution in [3.63, 3.8) is 0 Å². The number of nitrogens with two attached hydrogens (primary N) is 1. The summed E-state index contributed by atoms with van der Waals surface area (Å²) in [6.07, 6.45) is 23.2. The van der Waals surface area contributed by atoms with Crippen molar-refractivity contribution in [2.45, 2.75) is 96.8 Å². The Morgan fingerprint density at radius 1 is 0.619 bits per heavy atom. The van der Waals surface area contributed by atoms with Crippen molar-refractivity contribution in [1.29, 1.82) is 0 Å². The largest absolute Gasteiger partial charge is 0.396 e. The zero-order valence-electron chi connectivity index (χ0n) is 14.2. The van der Waals surface area contributed by atoms with E-state index in [1.807, 2.05) is 0 Å². The fourth-order valence-electron chi connectivity index (χ4n) is 2.36. The molecular formula is C18H39NO2. The molecule has 0 radical (unpaired) electrons. The van der Waals surface area contributed by atoms with Gasteiger partial charge in [0.1, 0.15) is 0 Å². The highest BCUT2D eigenvalue weighted by atomic mass is 16.4. The molecule has 0 aromatic heterocycles. The van der Waals surface area contributed by atoms with Crippen molar-refractivity contribution < 1.29 is 10.3 Å². The maximum atomic E-state index is 8.66. The lowest BCUT2D eigenvalue weighted by atomic mass is 10.1. The van der Waals surface area contributed by atoms with Gasteiger partial charge in [-0.2, -0.15) is 0 Å². The van der Waals surface area contributed by atoms with Crippen LogP contribution in [0.1, 0.15) is 96.8 Å². The standard InChI is InChI=1S/C18H36O.H3NO/c1-2-3-4-5-6-7-8-9-10-11-12-13-14-15-16-17-18-19;1-2/h9-10,19H,2-8,11-18H2,1H3;2H,1H2. The first kappa shape index (κ1) is 22.9. The van der Waals surface area contributed by atoms with E-state index in [9.17, 15) is 0 Å². The Morgan fingerprint density at radius 3 is 1.43 bits per heavy atom. The monoisotopic (exact) mass is 301 g/mol. The number of unbranched alkanes of at least 4 members (excludes halogenated alkanes) is 12. The molecule has 3 nitrogen and oxygen atoms in total. The molecule has 0 saturated heterocycles. The molecule has 0 aliphatic carbocycles. The molecule has 3 heteroatoms. The van der Waals surface area contributed by atoms with Gasteiger partial charge < -0.3 is 10.3 Å². The lowest BCUT2D eigenvalue weighted by Crippen LogP contribution is -1.83. The molecule has 21 heavy (non-hydrogen) atoms. The second-order valence-electron chi connectivity index (χ2n) is 5.66. The zero-order chi connectivity index (χ0) is 16.0. The second-order valence-corrected chi connectivity index (χ2v) is 5.66. The van der Waals surface area contributed by atoms with Gasteiger partial charge >= 0.3 is 0 Å². The third-order valence-corrected chi connectivity index (χ3v) is 3.67. The minimum absolute atomic E-state index is 0.362. The topological polar surface area (TPSA) is 66.5 Å². The Hall–Kier alpha value is -0.380. The molecule has 0 spiro atoms. The van der Waals surface area contributed by atoms with Gasteiger partial charge in [0, 0.05) is 6.61 Å². The van der Waals surface area contributed by atoms with Crippen LogP contribution < -0.4 is 5.90 Å². The number of aliphatic hydroxyl groups excluding tert-OH is 1. The smallest absolute Gasteiger partial charge is 0.0431 e. The fraction of sp³-hybridized carbons (Fsp3) is 0.889. The number of hydrogen-bond donors (Lipinski definition) is 3. The molecule has 0 bridgehead atoms. The molecule has 0 unspecified atom stereocenters. The molecule has 4 N–H and O–H groups in total. The highest BCUT2D eigenvalue weighted by molar-refractivity contribution is 4.81. The fourth-order valence-corrected chi connectivity index (χ4v) is 2.36. The van der Waals surface area contributed by atoms with Crippen molar-refractivity contribution in [3.8, 4) is 0 Å². The maximum absolute atomic E-state index is 8.66. The first-order valence-electron chi connectivity index (χ1n) is 8.93. The van der Waals surface area contributed by atoms with Gasteiger partial charge in [0.05, 0.1) is 0 Å². The van der Waals surface area contributed by atoms with Gasteiger partial charge in [0.25, 0.3) is 0 Å². The number of aliphatic hydroxyl groups is 1. The Balaban J connectivity index is 0. The van der Waals surface area contributed by atoms with Crippen molar-refractivity contribution in [2.24, 2.45) is 5.90 Å². The van der Waals surface area contributed by atoms with E-state index in [0.29, 0.717) is 6.61 Å². The van der Waals surface area contributed by atoms with Crippen LogP contribution in [0.3, 0.4) is 0 Å². The maximum Gasteiger partial charge on any atom is 0.0431 e. The summed E-state index contributed by atoms with van der Waals surface area (Å²) in [5, 5.41) is 15.2. The van der Waals surface area contributed by atoms with Gasteiger partial charge in [-0.1, -0.05) is 76.9 Å². The van der Waals surface area contributed by atoms with E-state index in [4.69, 9.17) is 10.3 Å². The van der Waals surface area contributed by atoms with Crippen LogP contribution in [-0.2, 0) is 0 Å². The molecule has 0 rings (SSSR count). The molecule has 0 fully saturated rings. The van der Waals surface area contributed by atoms with Crippen LogP contribution in [-0.4, -0.2) is 16.9 Å². The van der Waals surface area contributed by atoms with Gasteiger partial charge in [-0.3, -0.25) is 0 Å². The minimum Gasteiger partial charge on any atom is -0.396 e. The van der Waals surface area contributed by atoms with Crippen molar-refractivity contribution in [3.05, 3.63) is 12.2 Å². The number of rotatable bonds is 15. The van der Waals surface area contributed by atoms with E-state index in [1.54, 1.807) is 0 Å². The molecule has 128 valence electrons. The first-order valence-corrected chi connectivity index (χ1v) is 8.93. The summed E-state index contributed by atoms with van der Waals surface area (Å²) < 4.78 is 0. The molecule has 0 aliphatic rings. The lowest BCUT2D eigenvalue weighted by Gasteiger charge is -1.99. The summed E-state index contributed by atoms with van der Waals surface area (Å²) in [6.45, 7) is 2.64. The summed E-state index contributed by atoms with van der Waals surface area (Å²) in [5.74, 6) is 3.50. The Labute approximate surface area is 132 Å². The van der Waals surface area contributed by atoms with E-state index in [-0.39, 0.29) is 0 Å². The van der Waals surface area contributed by atoms with Gasteiger partial charge in [-0.05, 0) is 32.1 Å². The van der Waals surface area contributed by atoms with Crippen LogP contribution in [0.15, 0.2) is 12.2 Å². The third kappa shape index (κ3) is 25.0. The first-order chi connectivity index (χ1) is 10.4. The Bertz CT molecular complexity index is 184. The van der Waals surface area contributed by atoms with E-state index in [1.165, 1.54) is 83.5 Å². The normalized spacial score (nSPS) is 10.7. The van der Waals surface area contributed by atoms with Crippen molar-refractivity contribution >= 4 is 0 Å². The summed E-state index contributed by atoms with van der Waals surface area (Å²) in [4.78, 5) is 0. The molecule has 0 saturated carbocycles. The molecule has 0 aromatic rings. The predicted molar refractivity (Wildman–Crippen MR) is 92.5 cm³/mol. The van der Waals surface area contributed by atoms with Crippen LogP contribution in [0, 0.1) is 0 Å². The summed E-state index contributed by atoms with van der Waals surface area (Å²) >= 11 is 0. The van der Waals surface area contributed by atoms with E-state index < -0.39 is 0 Å². The Morgan fingerprint density at radius 2 is 1.00 bits per heavy atom. The van der Waals surface area contributed by atoms with Crippen LogP contribution >= 0.6 is 0 Å². The van der Waals surface area contributed by atoms with Gasteiger partial charge in [-0.25, -0.2) is 5.90 Å². The highest BCUT2D eigenvalue weighted by Crippen LogP contribution is 2.09.